The molecule has 1 heterocycles. The van der Waals surface area contributed by atoms with Gasteiger partial charge in [-0.25, -0.2) is 4.79 Å². The van der Waals surface area contributed by atoms with Crippen LogP contribution in [0.3, 0.4) is 0 Å². The molecule has 2 aromatic rings. The first-order valence-corrected chi connectivity index (χ1v) is 6.98. The summed E-state index contributed by atoms with van der Waals surface area (Å²) in [6.07, 6.45) is 1.09. The molecule has 0 saturated carbocycles. The number of esters is 1. The van der Waals surface area contributed by atoms with Crippen LogP contribution in [0.25, 0.3) is 11.3 Å². The van der Waals surface area contributed by atoms with Crippen LogP contribution < -0.4 is 4.74 Å². The molecule has 6 nitrogen and oxygen atoms in total. The van der Waals surface area contributed by atoms with E-state index in [-0.39, 0.29) is 5.97 Å². The lowest BCUT2D eigenvalue weighted by molar-refractivity contribution is -0.150. The number of hydrogen-bond donors (Lipinski definition) is 0. The van der Waals surface area contributed by atoms with Crippen LogP contribution in [-0.4, -0.2) is 33.7 Å². The summed E-state index contributed by atoms with van der Waals surface area (Å²) in [7, 11) is 0. The molecule has 1 aromatic carbocycles. The Labute approximate surface area is 123 Å². The molecule has 6 heteroatoms. The van der Waals surface area contributed by atoms with E-state index in [0.717, 1.165) is 17.8 Å². The molecule has 1 aromatic heterocycles. The Morgan fingerprint density at radius 2 is 2.00 bits per heavy atom. The SMILES string of the molecule is CCOC(=O)C(C)Oc1ccc(-c2cnn(CC)n2)cc1. The summed E-state index contributed by atoms with van der Waals surface area (Å²) < 4.78 is 10.4. The smallest absolute Gasteiger partial charge is 0.347 e. The summed E-state index contributed by atoms with van der Waals surface area (Å²) >= 11 is 0. The molecule has 0 spiro atoms. The van der Waals surface area contributed by atoms with Crippen molar-refractivity contribution in [2.45, 2.75) is 33.4 Å². The molecule has 21 heavy (non-hydrogen) atoms. The van der Waals surface area contributed by atoms with Gasteiger partial charge in [-0.3, -0.25) is 0 Å². The van der Waals surface area contributed by atoms with Crippen molar-refractivity contribution in [2.75, 3.05) is 6.61 Å². The van der Waals surface area contributed by atoms with Gasteiger partial charge in [0.25, 0.3) is 0 Å². The second kappa shape index (κ2) is 6.88. The van der Waals surface area contributed by atoms with Crippen LogP contribution in [0, 0.1) is 0 Å². The van der Waals surface area contributed by atoms with E-state index in [0.29, 0.717) is 12.4 Å². The number of carbonyl (C=O) groups is 1. The summed E-state index contributed by atoms with van der Waals surface area (Å²) in [6.45, 7) is 6.50. The summed E-state index contributed by atoms with van der Waals surface area (Å²) in [5.41, 5.74) is 1.76. The highest BCUT2D eigenvalue weighted by molar-refractivity contribution is 5.74. The van der Waals surface area contributed by atoms with Gasteiger partial charge in [0.1, 0.15) is 11.4 Å². The van der Waals surface area contributed by atoms with Crippen LogP contribution >= 0.6 is 0 Å². The zero-order valence-electron chi connectivity index (χ0n) is 12.4. The Hall–Kier alpha value is -2.37. The van der Waals surface area contributed by atoms with E-state index in [4.69, 9.17) is 9.47 Å². The van der Waals surface area contributed by atoms with Crippen LogP contribution in [0.5, 0.6) is 5.75 Å². The number of carbonyl (C=O) groups excluding carboxylic acids is 1. The van der Waals surface area contributed by atoms with Gasteiger partial charge in [0.15, 0.2) is 6.10 Å². The van der Waals surface area contributed by atoms with Crippen molar-refractivity contribution in [1.82, 2.24) is 15.0 Å². The van der Waals surface area contributed by atoms with E-state index < -0.39 is 6.10 Å². The maximum absolute atomic E-state index is 11.5. The number of hydrogen-bond acceptors (Lipinski definition) is 5. The Morgan fingerprint density at radius 3 is 2.57 bits per heavy atom. The van der Waals surface area contributed by atoms with Gasteiger partial charge in [0, 0.05) is 5.56 Å². The lowest BCUT2D eigenvalue weighted by atomic mass is 10.2. The Balaban J connectivity index is 2.03. The quantitative estimate of drug-likeness (QED) is 0.763. The van der Waals surface area contributed by atoms with Crippen molar-refractivity contribution in [3.63, 3.8) is 0 Å². The third kappa shape index (κ3) is 3.81. The molecule has 1 atom stereocenters. The monoisotopic (exact) mass is 289 g/mol. The topological polar surface area (TPSA) is 66.2 Å². The first kappa shape index (κ1) is 15.0. The molecule has 0 amide bonds. The zero-order chi connectivity index (χ0) is 15.2. The normalized spacial score (nSPS) is 12.0. The van der Waals surface area contributed by atoms with Crippen molar-refractivity contribution in [3.8, 4) is 17.0 Å². The Kier molecular flexibility index (Phi) is 4.92. The number of ether oxygens (including phenoxy) is 2. The van der Waals surface area contributed by atoms with Crippen molar-refractivity contribution >= 4 is 5.97 Å². The second-order valence-electron chi connectivity index (χ2n) is 4.45. The average molecular weight is 289 g/mol. The Morgan fingerprint density at radius 1 is 1.29 bits per heavy atom. The zero-order valence-corrected chi connectivity index (χ0v) is 12.4. The minimum absolute atomic E-state index is 0.346. The van der Waals surface area contributed by atoms with Gasteiger partial charge >= 0.3 is 5.97 Å². The predicted molar refractivity (Wildman–Crippen MR) is 77.9 cm³/mol. The maximum atomic E-state index is 11.5. The van der Waals surface area contributed by atoms with Crippen LogP contribution in [0.1, 0.15) is 20.8 Å². The first-order valence-electron chi connectivity index (χ1n) is 6.98. The fourth-order valence-corrected chi connectivity index (χ4v) is 1.80. The third-order valence-electron chi connectivity index (χ3n) is 2.90. The van der Waals surface area contributed by atoms with Gasteiger partial charge in [-0.2, -0.15) is 15.0 Å². The third-order valence-corrected chi connectivity index (χ3v) is 2.90. The molecule has 0 aliphatic heterocycles. The molecule has 0 aliphatic carbocycles. The molecule has 0 radical (unpaired) electrons. The molecule has 0 aliphatic rings. The standard InChI is InChI=1S/C15H19N3O3/c1-4-18-16-10-14(17-18)12-6-8-13(9-7-12)21-11(3)15(19)20-5-2/h6-11H,4-5H2,1-3H3. The van der Waals surface area contributed by atoms with Crippen LogP contribution in [-0.2, 0) is 16.1 Å². The highest BCUT2D eigenvalue weighted by Gasteiger charge is 2.15. The number of benzene rings is 1. The van der Waals surface area contributed by atoms with Crippen molar-refractivity contribution in [2.24, 2.45) is 0 Å². The summed E-state index contributed by atoms with van der Waals surface area (Å²) in [4.78, 5) is 13.1. The van der Waals surface area contributed by atoms with Crippen LogP contribution in [0.4, 0.5) is 0 Å². The predicted octanol–water partition coefficient (Wildman–Crippen LogP) is 2.30. The lowest BCUT2D eigenvalue weighted by Gasteiger charge is -2.13. The molecule has 112 valence electrons. The lowest BCUT2D eigenvalue weighted by Crippen LogP contribution is -2.25. The summed E-state index contributed by atoms with van der Waals surface area (Å²) in [6, 6.07) is 7.38. The van der Waals surface area contributed by atoms with E-state index in [9.17, 15) is 4.79 Å². The maximum Gasteiger partial charge on any atom is 0.347 e. The number of aryl methyl sites for hydroxylation is 1. The van der Waals surface area contributed by atoms with E-state index >= 15 is 0 Å². The van der Waals surface area contributed by atoms with Gasteiger partial charge in [0.05, 0.1) is 19.3 Å². The number of aromatic nitrogens is 3. The van der Waals surface area contributed by atoms with E-state index in [1.807, 2.05) is 19.1 Å². The second-order valence-corrected chi connectivity index (χ2v) is 4.45. The fraction of sp³-hybridized carbons (Fsp3) is 0.400. The molecule has 2 rings (SSSR count). The molecular formula is C15H19N3O3. The van der Waals surface area contributed by atoms with Crippen LogP contribution in [0.2, 0.25) is 0 Å². The van der Waals surface area contributed by atoms with Gasteiger partial charge in [-0.1, -0.05) is 0 Å². The molecule has 0 saturated heterocycles. The molecule has 0 bridgehead atoms. The number of rotatable bonds is 6. The highest BCUT2D eigenvalue weighted by Crippen LogP contribution is 2.21. The summed E-state index contributed by atoms with van der Waals surface area (Å²) in [5, 5.41) is 8.47. The van der Waals surface area contributed by atoms with Gasteiger partial charge in [0.2, 0.25) is 0 Å². The molecule has 1 unspecified atom stereocenters. The molecular weight excluding hydrogens is 270 g/mol. The number of nitrogens with zero attached hydrogens (tertiary/aromatic N) is 3. The van der Waals surface area contributed by atoms with E-state index in [1.54, 1.807) is 37.0 Å². The molecule has 0 N–H and O–H groups in total. The van der Waals surface area contributed by atoms with Crippen molar-refractivity contribution in [1.29, 1.82) is 0 Å². The van der Waals surface area contributed by atoms with E-state index in [1.165, 1.54) is 0 Å². The molecule has 0 fully saturated rings. The minimum atomic E-state index is -0.628. The van der Waals surface area contributed by atoms with Crippen LogP contribution in [0.15, 0.2) is 30.5 Å². The minimum Gasteiger partial charge on any atom is -0.479 e. The fourth-order valence-electron chi connectivity index (χ4n) is 1.80. The van der Waals surface area contributed by atoms with Gasteiger partial charge in [-0.05, 0) is 45.0 Å². The van der Waals surface area contributed by atoms with Crippen molar-refractivity contribution in [3.05, 3.63) is 30.5 Å². The summed E-state index contributed by atoms with van der Waals surface area (Å²) in [5.74, 6) is 0.245. The average Bonchev–Trinajstić information content (AvgIpc) is 2.97. The first-order chi connectivity index (χ1) is 10.1. The highest BCUT2D eigenvalue weighted by atomic mass is 16.6. The Bertz CT molecular complexity index is 592. The van der Waals surface area contributed by atoms with Gasteiger partial charge < -0.3 is 9.47 Å². The van der Waals surface area contributed by atoms with Gasteiger partial charge in [-0.15, -0.1) is 0 Å². The van der Waals surface area contributed by atoms with Crippen molar-refractivity contribution < 1.29 is 14.3 Å². The van der Waals surface area contributed by atoms with E-state index in [2.05, 4.69) is 10.2 Å². The largest absolute Gasteiger partial charge is 0.479 e.